The minimum Gasteiger partial charge on any atom is -0.361 e. The van der Waals surface area contributed by atoms with Crippen LogP contribution in [0.2, 0.25) is 0 Å². The normalized spacial score (nSPS) is 15.9. The zero-order valence-electron chi connectivity index (χ0n) is 15.7. The van der Waals surface area contributed by atoms with Gasteiger partial charge in [0.25, 0.3) is 0 Å². The molecule has 1 N–H and O–H groups in total. The van der Waals surface area contributed by atoms with E-state index in [1.54, 1.807) is 0 Å². The highest BCUT2D eigenvalue weighted by Gasteiger charge is 2.19. The van der Waals surface area contributed by atoms with Crippen LogP contribution >= 0.6 is 0 Å². The molecule has 6 heteroatoms. The summed E-state index contributed by atoms with van der Waals surface area (Å²) in [5, 5.41) is 7.09. The second-order valence-electron chi connectivity index (χ2n) is 7.01. The molecule has 0 aliphatic carbocycles. The van der Waals surface area contributed by atoms with E-state index in [1.165, 1.54) is 11.1 Å². The van der Waals surface area contributed by atoms with Crippen molar-refractivity contribution in [1.29, 1.82) is 0 Å². The Hall–Kier alpha value is -2.18. The summed E-state index contributed by atoms with van der Waals surface area (Å²) < 4.78 is 5.12. The third-order valence-electron chi connectivity index (χ3n) is 4.87. The van der Waals surface area contributed by atoms with Gasteiger partial charge in [0.15, 0.2) is 0 Å². The summed E-state index contributed by atoms with van der Waals surface area (Å²) in [4.78, 5) is 16.7. The summed E-state index contributed by atoms with van der Waals surface area (Å²) >= 11 is 0. The molecule has 26 heavy (non-hydrogen) atoms. The summed E-state index contributed by atoms with van der Waals surface area (Å²) in [5.74, 6) is 0.958. The van der Waals surface area contributed by atoms with Gasteiger partial charge in [-0.15, -0.1) is 0 Å². The van der Waals surface area contributed by atoms with E-state index < -0.39 is 0 Å². The van der Waals surface area contributed by atoms with Gasteiger partial charge >= 0.3 is 0 Å². The fraction of sp³-hybridized carbons (Fsp3) is 0.500. The number of hydrogen-bond donors (Lipinski definition) is 1. The number of piperazine rings is 1. The first-order valence-corrected chi connectivity index (χ1v) is 9.28. The second kappa shape index (κ2) is 8.96. The minimum absolute atomic E-state index is 0.110. The molecule has 0 bridgehead atoms. The number of nitrogens with one attached hydrogen (secondary N) is 1. The third-order valence-corrected chi connectivity index (χ3v) is 4.87. The summed E-state index contributed by atoms with van der Waals surface area (Å²) in [6, 6.07) is 10.3. The Labute approximate surface area is 155 Å². The molecular weight excluding hydrogens is 328 g/mol. The number of rotatable bonds is 7. The van der Waals surface area contributed by atoms with Gasteiger partial charge in [-0.3, -0.25) is 14.6 Å². The number of aryl methyl sites for hydroxylation is 2. The van der Waals surface area contributed by atoms with Crippen LogP contribution in [-0.2, 0) is 17.8 Å². The molecule has 1 amide bonds. The lowest BCUT2D eigenvalue weighted by molar-refractivity contribution is -0.122. The highest BCUT2D eigenvalue weighted by molar-refractivity contribution is 5.78. The SMILES string of the molecule is Cc1cc(CN2CCN(CC(=O)NCCc3ccccc3C)CC2)no1. The summed E-state index contributed by atoms with van der Waals surface area (Å²) in [7, 11) is 0. The summed E-state index contributed by atoms with van der Waals surface area (Å²) in [6.07, 6.45) is 0.878. The van der Waals surface area contributed by atoms with Gasteiger partial charge in [-0.2, -0.15) is 0 Å². The highest BCUT2D eigenvalue weighted by Crippen LogP contribution is 2.09. The quantitative estimate of drug-likeness (QED) is 0.819. The van der Waals surface area contributed by atoms with Crippen molar-refractivity contribution < 1.29 is 9.32 Å². The Kier molecular flexibility index (Phi) is 6.41. The number of carbonyl (C=O) groups excluding carboxylic acids is 1. The Morgan fingerprint density at radius 2 is 1.88 bits per heavy atom. The van der Waals surface area contributed by atoms with Crippen LogP contribution < -0.4 is 5.32 Å². The van der Waals surface area contributed by atoms with E-state index in [1.807, 2.05) is 25.1 Å². The van der Waals surface area contributed by atoms with Crippen molar-refractivity contribution in [2.24, 2.45) is 0 Å². The monoisotopic (exact) mass is 356 g/mol. The van der Waals surface area contributed by atoms with E-state index in [0.717, 1.165) is 50.6 Å². The molecule has 1 fully saturated rings. The fourth-order valence-electron chi connectivity index (χ4n) is 3.31. The van der Waals surface area contributed by atoms with Gasteiger partial charge in [0.1, 0.15) is 5.76 Å². The van der Waals surface area contributed by atoms with Gasteiger partial charge in [-0.05, 0) is 31.4 Å². The molecule has 140 valence electrons. The van der Waals surface area contributed by atoms with E-state index in [2.05, 4.69) is 39.3 Å². The molecule has 1 aliphatic rings. The largest absolute Gasteiger partial charge is 0.361 e. The molecule has 2 heterocycles. The van der Waals surface area contributed by atoms with Crippen molar-refractivity contribution in [2.45, 2.75) is 26.8 Å². The number of benzene rings is 1. The van der Waals surface area contributed by atoms with Crippen molar-refractivity contribution in [3.8, 4) is 0 Å². The molecule has 0 saturated carbocycles. The maximum absolute atomic E-state index is 12.2. The predicted molar refractivity (Wildman–Crippen MR) is 101 cm³/mol. The van der Waals surface area contributed by atoms with Crippen LogP contribution in [-0.4, -0.2) is 60.1 Å². The van der Waals surface area contributed by atoms with Gasteiger partial charge in [0.05, 0.1) is 12.2 Å². The molecule has 1 aromatic heterocycles. The van der Waals surface area contributed by atoms with E-state index in [4.69, 9.17) is 4.52 Å². The average Bonchev–Trinajstić information content (AvgIpc) is 3.03. The molecule has 0 atom stereocenters. The molecule has 3 rings (SSSR count). The molecule has 0 radical (unpaired) electrons. The third kappa shape index (κ3) is 5.41. The van der Waals surface area contributed by atoms with E-state index in [9.17, 15) is 4.79 Å². The second-order valence-corrected chi connectivity index (χ2v) is 7.01. The van der Waals surface area contributed by atoms with E-state index in [0.29, 0.717) is 13.1 Å². The smallest absolute Gasteiger partial charge is 0.234 e. The first kappa shape index (κ1) is 18.6. The van der Waals surface area contributed by atoms with Crippen molar-refractivity contribution in [3.05, 3.63) is 52.9 Å². The summed E-state index contributed by atoms with van der Waals surface area (Å²) in [6.45, 7) is 9.70. The zero-order chi connectivity index (χ0) is 18.4. The lowest BCUT2D eigenvalue weighted by Crippen LogP contribution is -2.49. The van der Waals surface area contributed by atoms with E-state index in [-0.39, 0.29) is 5.91 Å². The van der Waals surface area contributed by atoms with Crippen LogP contribution in [0.1, 0.15) is 22.6 Å². The van der Waals surface area contributed by atoms with Gasteiger partial charge in [0.2, 0.25) is 5.91 Å². The lowest BCUT2D eigenvalue weighted by Gasteiger charge is -2.33. The Morgan fingerprint density at radius 1 is 1.15 bits per heavy atom. The van der Waals surface area contributed by atoms with Crippen LogP contribution in [0.3, 0.4) is 0 Å². The van der Waals surface area contributed by atoms with Crippen LogP contribution in [0.4, 0.5) is 0 Å². The molecule has 0 unspecified atom stereocenters. The predicted octanol–water partition coefficient (Wildman–Crippen LogP) is 1.77. The highest BCUT2D eigenvalue weighted by atomic mass is 16.5. The van der Waals surface area contributed by atoms with Gasteiger partial charge in [-0.25, -0.2) is 0 Å². The fourth-order valence-corrected chi connectivity index (χ4v) is 3.31. The maximum atomic E-state index is 12.2. The lowest BCUT2D eigenvalue weighted by atomic mass is 10.1. The molecule has 6 nitrogen and oxygen atoms in total. The van der Waals surface area contributed by atoms with Crippen LogP contribution in [0.5, 0.6) is 0 Å². The van der Waals surface area contributed by atoms with Crippen molar-refractivity contribution in [3.63, 3.8) is 0 Å². The molecule has 1 aromatic carbocycles. The van der Waals surface area contributed by atoms with Crippen molar-refractivity contribution in [2.75, 3.05) is 39.3 Å². The molecule has 1 aliphatic heterocycles. The summed E-state index contributed by atoms with van der Waals surface area (Å²) in [5.41, 5.74) is 3.55. The van der Waals surface area contributed by atoms with Crippen LogP contribution in [0.15, 0.2) is 34.9 Å². The van der Waals surface area contributed by atoms with Gasteiger partial charge in [-0.1, -0.05) is 29.4 Å². The average molecular weight is 356 g/mol. The Bertz CT molecular complexity index is 720. The molecule has 2 aromatic rings. The molecule has 0 spiro atoms. The van der Waals surface area contributed by atoms with Crippen molar-refractivity contribution >= 4 is 5.91 Å². The van der Waals surface area contributed by atoms with Crippen LogP contribution in [0, 0.1) is 13.8 Å². The van der Waals surface area contributed by atoms with E-state index >= 15 is 0 Å². The number of aromatic nitrogens is 1. The first-order chi connectivity index (χ1) is 12.6. The number of nitrogens with zero attached hydrogens (tertiary/aromatic N) is 3. The topological polar surface area (TPSA) is 61.6 Å². The van der Waals surface area contributed by atoms with Gasteiger partial charge in [0, 0.05) is 45.3 Å². The molecule has 1 saturated heterocycles. The molecular formula is C20H28N4O2. The zero-order valence-corrected chi connectivity index (χ0v) is 15.7. The number of amides is 1. The Morgan fingerprint density at radius 3 is 2.58 bits per heavy atom. The van der Waals surface area contributed by atoms with Gasteiger partial charge < -0.3 is 9.84 Å². The number of carbonyl (C=O) groups is 1. The first-order valence-electron chi connectivity index (χ1n) is 9.28. The number of hydrogen-bond acceptors (Lipinski definition) is 5. The van der Waals surface area contributed by atoms with Crippen LogP contribution in [0.25, 0.3) is 0 Å². The standard InChI is InChI=1S/C20H28N4O2/c1-16-5-3-4-6-18(16)7-8-21-20(25)15-24-11-9-23(10-12-24)14-19-13-17(2)26-22-19/h3-6,13H,7-12,14-15H2,1-2H3,(H,21,25). The van der Waals surface area contributed by atoms with Crippen molar-refractivity contribution in [1.82, 2.24) is 20.3 Å². The minimum atomic E-state index is 0.110. The Balaban J connectivity index is 1.33. The maximum Gasteiger partial charge on any atom is 0.234 e.